The van der Waals surface area contributed by atoms with Gasteiger partial charge in [0.25, 0.3) is 0 Å². The normalized spacial score (nSPS) is 10.3. The van der Waals surface area contributed by atoms with E-state index in [4.69, 9.17) is 0 Å². The van der Waals surface area contributed by atoms with Crippen molar-refractivity contribution in [2.45, 2.75) is 19.8 Å². The highest BCUT2D eigenvalue weighted by atomic mass is 19.3. The fourth-order valence-corrected chi connectivity index (χ4v) is 0.679. The highest BCUT2D eigenvalue weighted by Gasteiger charge is 2.39. The van der Waals surface area contributed by atoms with Crippen molar-refractivity contribution in [1.82, 2.24) is 5.32 Å². The van der Waals surface area contributed by atoms with Gasteiger partial charge in [0.2, 0.25) is 0 Å². The zero-order chi connectivity index (χ0) is 11.0. The highest BCUT2D eigenvalue weighted by molar-refractivity contribution is 5.77. The summed E-state index contributed by atoms with van der Waals surface area (Å²) in [7, 11) is 0. The molecule has 0 aliphatic heterocycles. The smallest absolute Gasteiger partial charge is 0.378 e. The molecule has 0 radical (unpaired) electrons. The Morgan fingerprint density at radius 2 is 2.21 bits per heavy atom. The van der Waals surface area contributed by atoms with Gasteiger partial charge in [-0.1, -0.05) is 5.92 Å². The molecule has 0 aromatic rings. The van der Waals surface area contributed by atoms with Crippen LogP contribution in [0.2, 0.25) is 0 Å². The number of carbonyl (C=O) groups is 1. The summed E-state index contributed by atoms with van der Waals surface area (Å²) in [6, 6.07) is 0. The third-order valence-corrected chi connectivity index (χ3v) is 1.31. The third kappa shape index (κ3) is 4.77. The van der Waals surface area contributed by atoms with Crippen molar-refractivity contribution in [2.75, 3.05) is 19.7 Å². The number of halogens is 2. The topological polar surface area (TPSA) is 38.3 Å². The molecule has 80 valence electrons. The van der Waals surface area contributed by atoms with E-state index in [9.17, 15) is 13.6 Å². The van der Waals surface area contributed by atoms with Gasteiger partial charge in [-0.3, -0.25) is 5.32 Å². The monoisotopic (exact) mass is 205 g/mol. The number of ether oxygens (including phenoxy) is 1. The van der Waals surface area contributed by atoms with E-state index in [-0.39, 0.29) is 13.2 Å². The van der Waals surface area contributed by atoms with Crippen molar-refractivity contribution in [2.24, 2.45) is 0 Å². The van der Waals surface area contributed by atoms with E-state index >= 15 is 0 Å². The minimum absolute atomic E-state index is 0.0524. The van der Waals surface area contributed by atoms with Crippen LogP contribution in [0.4, 0.5) is 8.78 Å². The van der Waals surface area contributed by atoms with Crippen LogP contribution in [-0.2, 0) is 9.53 Å². The van der Waals surface area contributed by atoms with Gasteiger partial charge in [-0.2, -0.15) is 8.78 Å². The maximum atomic E-state index is 12.8. The molecule has 0 spiro atoms. The number of hydrogen-bond acceptors (Lipinski definition) is 3. The molecule has 0 saturated heterocycles. The summed E-state index contributed by atoms with van der Waals surface area (Å²) in [5.41, 5.74) is 0. The van der Waals surface area contributed by atoms with Gasteiger partial charge in [-0.15, -0.1) is 5.92 Å². The first-order chi connectivity index (χ1) is 6.54. The maximum Gasteiger partial charge on any atom is 0.378 e. The molecule has 0 saturated carbocycles. The average Bonchev–Trinajstić information content (AvgIpc) is 2.13. The van der Waals surface area contributed by atoms with Crippen molar-refractivity contribution < 1.29 is 18.3 Å². The van der Waals surface area contributed by atoms with Gasteiger partial charge in [-0.05, 0) is 13.8 Å². The number of hydrogen-bond donors (Lipinski definition) is 1. The average molecular weight is 205 g/mol. The number of carbonyl (C=O) groups excluding carboxylic acids is 1. The first kappa shape index (κ1) is 12.8. The lowest BCUT2D eigenvalue weighted by Crippen LogP contribution is -2.41. The molecule has 0 aromatic carbocycles. The minimum Gasteiger partial charge on any atom is -0.462 e. The van der Waals surface area contributed by atoms with Crippen molar-refractivity contribution >= 4 is 5.97 Å². The molecule has 0 aliphatic carbocycles. The summed E-state index contributed by atoms with van der Waals surface area (Å²) in [6.07, 6.45) is 0. The quantitative estimate of drug-likeness (QED) is 0.410. The Labute approximate surface area is 81.8 Å². The van der Waals surface area contributed by atoms with Gasteiger partial charge in [0.15, 0.2) is 0 Å². The van der Waals surface area contributed by atoms with E-state index in [0.717, 1.165) is 0 Å². The van der Waals surface area contributed by atoms with Gasteiger partial charge in [0.1, 0.15) is 0 Å². The molecule has 0 aromatic heterocycles. The van der Waals surface area contributed by atoms with Crippen LogP contribution in [0.25, 0.3) is 0 Å². The highest BCUT2D eigenvalue weighted by Crippen LogP contribution is 2.13. The van der Waals surface area contributed by atoms with E-state index < -0.39 is 18.4 Å². The predicted octanol–water partition coefficient (Wildman–Crippen LogP) is 0.798. The number of nitrogens with one attached hydrogen (secondary N) is 1. The van der Waals surface area contributed by atoms with E-state index in [2.05, 4.69) is 21.9 Å². The fraction of sp³-hybridized carbons (Fsp3) is 0.667. The van der Waals surface area contributed by atoms with Crippen molar-refractivity contribution in [3.8, 4) is 11.8 Å². The molecule has 0 heterocycles. The standard InChI is InChI=1S/C9H13F2NO2/c1-3-5-6-12-7-9(10,11)8(13)14-4-2/h12H,4,6-7H2,1-2H3. The van der Waals surface area contributed by atoms with Crippen LogP contribution in [-0.4, -0.2) is 31.6 Å². The summed E-state index contributed by atoms with van der Waals surface area (Å²) < 4.78 is 29.9. The van der Waals surface area contributed by atoms with Crippen molar-refractivity contribution in [1.29, 1.82) is 0 Å². The summed E-state index contributed by atoms with van der Waals surface area (Å²) in [5, 5.41) is 2.34. The lowest BCUT2D eigenvalue weighted by Gasteiger charge is -2.13. The largest absolute Gasteiger partial charge is 0.462 e. The second-order valence-electron chi connectivity index (χ2n) is 2.46. The van der Waals surface area contributed by atoms with Gasteiger partial charge in [0, 0.05) is 0 Å². The van der Waals surface area contributed by atoms with Crippen LogP contribution in [0.1, 0.15) is 13.8 Å². The maximum absolute atomic E-state index is 12.8. The Hall–Kier alpha value is -1.15. The van der Waals surface area contributed by atoms with Crippen LogP contribution in [0.15, 0.2) is 0 Å². The zero-order valence-electron chi connectivity index (χ0n) is 8.19. The molecule has 0 atom stereocenters. The van der Waals surface area contributed by atoms with Gasteiger partial charge >= 0.3 is 11.9 Å². The van der Waals surface area contributed by atoms with E-state index in [1.54, 1.807) is 6.92 Å². The van der Waals surface area contributed by atoms with Crippen LogP contribution in [0, 0.1) is 11.8 Å². The van der Waals surface area contributed by atoms with Crippen molar-refractivity contribution in [3.63, 3.8) is 0 Å². The summed E-state index contributed by atoms with van der Waals surface area (Å²) in [4.78, 5) is 10.7. The molecule has 0 amide bonds. The Morgan fingerprint density at radius 1 is 1.57 bits per heavy atom. The third-order valence-electron chi connectivity index (χ3n) is 1.31. The summed E-state index contributed by atoms with van der Waals surface area (Å²) >= 11 is 0. The van der Waals surface area contributed by atoms with E-state index in [1.807, 2.05) is 0 Å². The minimum atomic E-state index is -3.48. The van der Waals surface area contributed by atoms with E-state index in [1.165, 1.54) is 6.92 Å². The second-order valence-corrected chi connectivity index (χ2v) is 2.46. The first-order valence-electron chi connectivity index (χ1n) is 4.20. The molecule has 5 heteroatoms. The second kappa shape index (κ2) is 6.33. The number of esters is 1. The Morgan fingerprint density at radius 3 is 2.71 bits per heavy atom. The van der Waals surface area contributed by atoms with Gasteiger partial charge < -0.3 is 4.74 Å². The SMILES string of the molecule is CC#CCNCC(F)(F)C(=O)OCC. The lowest BCUT2D eigenvalue weighted by atomic mass is 10.3. The van der Waals surface area contributed by atoms with Gasteiger partial charge in [-0.25, -0.2) is 4.79 Å². The Bertz CT molecular complexity index is 243. The summed E-state index contributed by atoms with van der Waals surface area (Å²) in [5.74, 6) is 0.0964. The Kier molecular flexibility index (Phi) is 5.81. The zero-order valence-corrected chi connectivity index (χ0v) is 8.19. The molecule has 0 rings (SSSR count). The molecule has 0 fully saturated rings. The number of rotatable bonds is 5. The van der Waals surface area contributed by atoms with Gasteiger partial charge in [0.05, 0.1) is 19.7 Å². The van der Waals surface area contributed by atoms with Crippen LogP contribution < -0.4 is 5.32 Å². The lowest BCUT2D eigenvalue weighted by molar-refractivity contribution is -0.170. The fourth-order valence-electron chi connectivity index (χ4n) is 0.679. The summed E-state index contributed by atoms with van der Waals surface area (Å²) in [6.45, 7) is 2.41. The molecule has 0 bridgehead atoms. The molecular formula is C9H13F2NO2. The molecular weight excluding hydrogens is 192 g/mol. The molecule has 1 N–H and O–H groups in total. The van der Waals surface area contributed by atoms with Crippen LogP contribution >= 0.6 is 0 Å². The van der Waals surface area contributed by atoms with Crippen molar-refractivity contribution in [3.05, 3.63) is 0 Å². The van der Waals surface area contributed by atoms with Crippen LogP contribution in [0.5, 0.6) is 0 Å². The first-order valence-corrected chi connectivity index (χ1v) is 4.20. The molecule has 3 nitrogen and oxygen atoms in total. The molecule has 0 aliphatic rings. The Balaban J connectivity index is 3.91. The number of alkyl halides is 2. The molecule has 0 unspecified atom stereocenters. The van der Waals surface area contributed by atoms with E-state index in [0.29, 0.717) is 0 Å². The van der Waals surface area contributed by atoms with Crippen LogP contribution in [0.3, 0.4) is 0 Å². The molecule has 14 heavy (non-hydrogen) atoms. The predicted molar refractivity (Wildman–Crippen MR) is 47.9 cm³/mol.